The van der Waals surface area contributed by atoms with E-state index in [-0.39, 0.29) is 0 Å². The molecule has 0 fully saturated rings. The summed E-state index contributed by atoms with van der Waals surface area (Å²) in [4.78, 5) is 0. The Morgan fingerprint density at radius 3 is 2.07 bits per heavy atom. The first-order chi connectivity index (χ1) is 6.50. The van der Waals surface area contributed by atoms with E-state index in [4.69, 9.17) is 11.6 Å². The fourth-order valence-corrected chi connectivity index (χ4v) is 2.67. The summed E-state index contributed by atoms with van der Waals surface area (Å²) in [7, 11) is -1.68. The van der Waals surface area contributed by atoms with Gasteiger partial charge in [-0.3, -0.25) is 0 Å². The first-order valence-corrected chi connectivity index (χ1v) is 6.71. The van der Waals surface area contributed by atoms with E-state index < -0.39 is 10.2 Å². The molecule has 14 heavy (non-hydrogen) atoms. The van der Waals surface area contributed by atoms with Crippen LogP contribution in [0.15, 0.2) is 0 Å². The second-order valence-electron chi connectivity index (χ2n) is 2.96. The van der Waals surface area contributed by atoms with Gasteiger partial charge in [0.25, 0.3) is 10.2 Å². The Bertz CT molecular complexity index is 240. The molecule has 0 aliphatic rings. The molecular weight excluding hydrogens is 224 g/mol. The van der Waals surface area contributed by atoms with Gasteiger partial charge in [0.05, 0.1) is 0 Å². The molecule has 0 saturated carbocycles. The number of hydrogen-bond donors (Lipinski definition) is 0. The lowest BCUT2D eigenvalue weighted by Crippen LogP contribution is -2.42. The number of hydrogen-bond acceptors (Lipinski definition) is 2. The molecule has 0 heterocycles. The molecule has 0 aliphatic heterocycles. The van der Waals surface area contributed by atoms with Gasteiger partial charge in [-0.25, -0.2) is 0 Å². The second kappa shape index (κ2) is 6.61. The molecule has 0 atom stereocenters. The van der Waals surface area contributed by atoms with Gasteiger partial charge in [0.15, 0.2) is 0 Å². The molecule has 86 valence electrons. The van der Waals surface area contributed by atoms with Gasteiger partial charge in [-0.2, -0.15) is 17.0 Å². The van der Waals surface area contributed by atoms with Crippen LogP contribution in [0.3, 0.4) is 0 Å². The third-order valence-corrected chi connectivity index (χ3v) is 4.44. The maximum atomic E-state index is 11.8. The largest absolute Gasteiger partial charge is 0.281 e. The Morgan fingerprint density at radius 2 is 1.71 bits per heavy atom. The summed E-state index contributed by atoms with van der Waals surface area (Å²) in [6, 6.07) is 0. The summed E-state index contributed by atoms with van der Waals surface area (Å²) in [5.74, 6) is 0.484. The molecular formula is C8H19ClN2O2S. The van der Waals surface area contributed by atoms with Crippen molar-refractivity contribution in [2.75, 3.05) is 32.6 Å². The third kappa shape index (κ3) is 3.73. The predicted octanol–water partition coefficient (Wildman–Crippen LogP) is 1.13. The van der Waals surface area contributed by atoms with E-state index >= 15 is 0 Å². The van der Waals surface area contributed by atoms with Crippen LogP contribution in [0.5, 0.6) is 0 Å². The first-order valence-electron chi connectivity index (χ1n) is 4.78. The minimum Gasteiger partial charge on any atom is -0.195 e. The molecule has 0 rings (SSSR count). The highest BCUT2D eigenvalue weighted by molar-refractivity contribution is 7.86. The molecule has 0 aromatic heterocycles. The van der Waals surface area contributed by atoms with Gasteiger partial charge in [0.1, 0.15) is 0 Å². The van der Waals surface area contributed by atoms with Crippen molar-refractivity contribution in [3.05, 3.63) is 0 Å². The standard InChI is InChI=1S/C8H19ClN2O2S/c1-4-11(5-2)14(12,13)10(3)8-6-7-9/h4-8H2,1-3H3. The molecule has 0 unspecified atom stereocenters. The highest BCUT2D eigenvalue weighted by Gasteiger charge is 2.23. The predicted molar refractivity (Wildman–Crippen MR) is 59.8 cm³/mol. The van der Waals surface area contributed by atoms with Gasteiger partial charge in [-0.05, 0) is 6.42 Å². The number of nitrogens with zero attached hydrogens (tertiary/aromatic N) is 2. The highest BCUT2D eigenvalue weighted by atomic mass is 35.5. The zero-order valence-corrected chi connectivity index (χ0v) is 10.6. The molecule has 0 saturated heterocycles. The molecule has 0 amide bonds. The van der Waals surface area contributed by atoms with Crippen molar-refractivity contribution in [2.45, 2.75) is 20.3 Å². The van der Waals surface area contributed by atoms with E-state index in [1.54, 1.807) is 7.05 Å². The summed E-state index contributed by atoms with van der Waals surface area (Å²) < 4.78 is 26.4. The normalized spacial score (nSPS) is 12.7. The quantitative estimate of drug-likeness (QED) is 0.628. The molecule has 0 radical (unpaired) electrons. The summed E-state index contributed by atoms with van der Waals surface area (Å²) >= 11 is 5.51. The average Bonchev–Trinajstić information content (AvgIpc) is 2.15. The van der Waals surface area contributed by atoms with Gasteiger partial charge in [0, 0.05) is 32.6 Å². The molecule has 0 aromatic rings. The summed E-state index contributed by atoms with van der Waals surface area (Å²) in [6.45, 7) is 5.14. The lowest BCUT2D eigenvalue weighted by atomic mass is 10.5. The number of alkyl halides is 1. The van der Waals surface area contributed by atoms with Crippen molar-refractivity contribution in [3.8, 4) is 0 Å². The molecule has 0 bridgehead atoms. The SMILES string of the molecule is CCN(CC)S(=O)(=O)N(C)CCCCl. The summed E-state index contributed by atoms with van der Waals surface area (Å²) in [5, 5.41) is 0. The minimum absolute atomic E-state index is 0.475. The lowest BCUT2D eigenvalue weighted by molar-refractivity contribution is 0.377. The van der Waals surface area contributed by atoms with Crippen LogP contribution in [0.4, 0.5) is 0 Å². The zero-order valence-electron chi connectivity index (χ0n) is 9.03. The van der Waals surface area contributed by atoms with Gasteiger partial charge in [-0.1, -0.05) is 13.8 Å². The van der Waals surface area contributed by atoms with Gasteiger partial charge >= 0.3 is 0 Å². The average molecular weight is 243 g/mol. The number of rotatable bonds is 7. The fourth-order valence-electron chi connectivity index (χ4n) is 1.14. The van der Waals surface area contributed by atoms with Crippen LogP contribution >= 0.6 is 11.6 Å². The van der Waals surface area contributed by atoms with Crippen molar-refractivity contribution in [2.24, 2.45) is 0 Å². The van der Waals surface area contributed by atoms with Crippen molar-refractivity contribution < 1.29 is 8.42 Å². The van der Waals surface area contributed by atoms with Crippen LogP contribution in [-0.4, -0.2) is 49.6 Å². The molecule has 0 aromatic carbocycles. The van der Waals surface area contributed by atoms with Gasteiger partial charge < -0.3 is 0 Å². The second-order valence-corrected chi connectivity index (χ2v) is 5.37. The molecule has 4 nitrogen and oxygen atoms in total. The Kier molecular flexibility index (Phi) is 6.68. The van der Waals surface area contributed by atoms with E-state index in [0.717, 1.165) is 0 Å². The van der Waals surface area contributed by atoms with Crippen LogP contribution in [0.2, 0.25) is 0 Å². The van der Waals surface area contributed by atoms with Crippen molar-refractivity contribution in [3.63, 3.8) is 0 Å². The Balaban J connectivity index is 4.43. The lowest BCUT2D eigenvalue weighted by Gasteiger charge is -2.25. The maximum Gasteiger partial charge on any atom is 0.281 e. The molecule has 0 spiro atoms. The van der Waals surface area contributed by atoms with E-state index in [1.165, 1.54) is 8.61 Å². The van der Waals surface area contributed by atoms with E-state index in [9.17, 15) is 8.42 Å². The van der Waals surface area contributed by atoms with Crippen LogP contribution in [0.25, 0.3) is 0 Å². The van der Waals surface area contributed by atoms with E-state index in [2.05, 4.69) is 0 Å². The van der Waals surface area contributed by atoms with Crippen LogP contribution < -0.4 is 0 Å². The van der Waals surface area contributed by atoms with Gasteiger partial charge in [0.2, 0.25) is 0 Å². The monoisotopic (exact) mass is 242 g/mol. The maximum absolute atomic E-state index is 11.8. The summed E-state index contributed by atoms with van der Waals surface area (Å²) in [6.07, 6.45) is 0.679. The van der Waals surface area contributed by atoms with Crippen molar-refractivity contribution >= 4 is 21.8 Å². The zero-order chi connectivity index (χ0) is 11.2. The topological polar surface area (TPSA) is 40.6 Å². The van der Waals surface area contributed by atoms with Crippen molar-refractivity contribution in [1.29, 1.82) is 0 Å². The Morgan fingerprint density at radius 1 is 1.21 bits per heavy atom. The van der Waals surface area contributed by atoms with E-state index in [1.807, 2.05) is 13.8 Å². The fraction of sp³-hybridized carbons (Fsp3) is 1.00. The molecule has 0 N–H and O–H groups in total. The van der Waals surface area contributed by atoms with Crippen LogP contribution in [-0.2, 0) is 10.2 Å². The molecule has 0 aliphatic carbocycles. The highest BCUT2D eigenvalue weighted by Crippen LogP contribution is 2.06. The van der Waals surface area contributed by atoms with Gasteiger partial charge in [-0.15, -0.1) is 11.6 Å². The van der Waals surface area contributed by atoms with E-state index in [0.29, 0.717) is 31.9 Å². The minimum atomic E-state index is -3.27. The third-order valence-electron chi connectivity index (χ3n) is 2.03. The van der Waals surface area contributed by atoms with Crippen molar-refractivity contribution in [1.82, 2.24) is 8.61 Å². The smallest absolute Gasteiger partial charge is 0.195 e. The number of halogens is 1. The molecule has 6 heteroatoms. The van der Waals surface area contributed by atoms with Crippen LogP contribution in [0, 0.1) is 0 Å². The summed E-state index contributed by atoms with van der Waals surface area (Å²) in [5.41, 5.74) is 0. The first kappa shape index (κ1) is 14.2. The van der Waals surface area contributed by atoms with Crippen LogP contribution in [0.1, 0.15) is 20.3 Å². The Hall–Kier alpha value is 0.160. The Labute approximate surface area is 92.0 Å².